The number of anilines is 1. The van der Waals surface area contributed by atoms with E-state index in [0.717, 1.165) is 12.1 Å². The zero-order chi connectivity index (χ0) is 15.3. The van der Waals surface area contributed by atoms with Crippen LogP contribution in [0.4, 0.5) is 14.5 Å². The van der Waals surface area contributed by atoms with Crippen molar-refractivity contribution >= 4 is 21.5 Å². The molecule has 0 bridgehead atoms. The molecule has 8 heteroatoms. The molecular weight excluding hydrogens is 292 g/mol. The number of alkyl halides is 2. The molecule has 1 aromatic rings. The summed E-state index contributed by atoms with van der Waals surface area (Å²) in [5.74, 6) is -4.47. The number of rotatable bonds is 7. The Bertz CT molecular complexity index is 557. The summed E-state index contributed by atoms with van der Waals surface area (Å²) in [5, 5.41) is 11.5. The Morgan fingerprint density at radius 1 is 1.30 bits per heavy atom. The summed E-state index contributed by atoms with van der Waals surface area (Å²) in [6.07, 6.45) is 0.00481. The highest BCUT2D eigenvalue weighted by Gasteiger charge is 2.26. The van der Waals surface area contributed by atoms with Crippen molar-refractivity contribution in [1.82, 2.24) is 0 Å². The molecule has 0 radical (unpaired) electrons. The Morgan fingerprint density at radius 3 is 2.30 bits per heavy atom. The number of carboxylic acid groups (broad SMARTS) is 1. The second-order valence-corrected chi connectivity index (χ2v) is 6.33. The largest absolute Gasteiger partial charge is 0.481 e. The van der Waals surface area contributed by atoms with Gasteiger partial charge in [0, 0.05) is 18.7 Å². The predicted octanol–water partition coefficient (Wildman–Crippen LogP) is 2.21. The van der Waals surface area contributed by atoms with Crippen LogP contribution in [0.5, 0.6) is 0 Å². The van der Waals surface area contributed by atoms with Crippen LogP contribution in [0.2, 0.25) is 0 Å². The summed E-state index contributed by atoms with van der Waals surface area (Å²) in [7, 11) is -4.58. The van der Waals surface area contributed by atoms with Crippen molar-refractivity contribution < 1.29 is 27.1 Å². The number of carboxylic acids is 1. The number of hydrogen-bond acceptors (Lipinski definition) is 4. The monoisotopic (exact) mass is 307 g/mol. The molecule has 5 nitrogen and oxygen atoms in total. The third-order valence-corrected chi connectivity index (χ3v) is 3.99. The van der Waals surface area contributed by atoms with Crippen LogP contribution in [0, 0.1) is 5.92 Å². The third-order valence-electron chi connectivity index (χ3n) is 2.60. The Kier molecular flexibility index (Phi) is 5.43. The third kappa shape index (κ3) is 4.44. The highest BCUT2D eigenvalue weighted by molar-refractivity contribution is 7.91. The van der Waals surface area contributed by atoms with Gasteiger partial charge in [0.05, 0.1) is 4.90 Å². The average molecular weight is 307 g/mol. The topological polar surface area (TPSA) is 83.5 Å². The van der Waals surface area contributed by atoms with Crippen LogP contribution in [0.15, 0.2) is 29.2 Å². The van der Waals surface area contributed by atoms with E-state index in [1.807, 2.05) is 0 Å². The van der Waals surface area contributed by atoms with Gasteiger partial charge in [-0.15, -0.1) is 0 Å². The van der Waals surface area contributed by atoms with Crippen molar-refractivity contribution in [1.29, 1.82) is 0 Å². The molecule has 1 aromatic carbocycles. The average Bonchev–Trinajstić information content (AvgIpc) is 2.36. The predicted molar refractivity (Wildman–Crippen MR) is 69.5 cm³/mol. The van der Waals surface area contributed by atoms with E-state index in [0.29, 0.717) is 12.2 Å². The van der Waals surface area contributed by atoms with E-state index < -0.39 is 26.5 Å². The summed E-state index contributed by atoms with van der Waals surface area (Å²) in [5.41, 5.74) is 0.537. The fourth-order valence-electron chi connectivity index (χ4n) is 1.53. The maximum atomic E-state index is 12.3. The summed E-state index contributed by atoms with van der Waals surface area (Å²) in [6, 6.07) is 4.91. The van der Waals surface area contributed by atoms with Crippen molar-refractivity contribution in [2.24, 2.45) is 5.92 Å². The van der Waals surface area contributed by atoms with Crippen molar-refractivity contribution in [2.75, 3.05) is 11.9 Å². The van der Waals surface area contributed by atoms with E-state index >= 15 is 0 Å². The van der Waals surface area contributed by atoms with Gasteiger partial charge in [0.1, 0.15) is 0 Å². The number of sulfone groups is 1. The Morgan fingerprint density at radius 2 is 1.85 bits per heavy atom. The lowest BCUT2D eigenvalue weighted by Crippen LogP contribution is -2.15. The van der Waals surface area contributed by atoms with Gasteiger partial charge in [-0.05, 0) is 30.2 Å². The molecule has 0 saturated carbocycles. The van der Waals surface area contributed by atoms with Crippen LogP contribution in [0.25, 0.3) is 0 Å². The van der Waals surface area contributed by atoms with E-state index in [9.17, 15) is 22.0 Å². The number of nitrogens with one attached hydrogen (secondary N) is 1. The van der Waals surface area contributed by atoms with Gasteiger partial charge in [-0.3, -0.25) is 4.79 Å². The van der Waals surface area contributed by atoms with Gasteiger partial charge in [-0.2, -0.15) is 8.78 Å². The number of carbonyl (C=O) groups is 1. The minimum atomic E-state index is -4.58. The maximum absolute atomic E-state index is 12.3. The smallest absolute Gasteiger partial charge is 0.341 e. The molecule has 20 heavy (non-hydrogen) atoms. The van der Waals surface area contributed by atoms with Crippen LogP contribution >= 0.6 is 0 Å². The lowest BCUT2D eigenvalue weighted by atomic mass is 10.1. The molecule has 1 rings (SSSR count). The zero-order valence-electron chi connectivity index (χ0n) is 10.7. The fourth-order valence-corrected chi connectivity index (χ4v) is 2.25. The molecule has 0 aliphatic carbocycles. The molecule has 1 atom stereocenters. The van der Waals surface area contributed by atoms with Gasteiger partial charge in [0.25, 0.3) is 0 Å². The van der Waals surface area contributed by atoms with Crippen LogP contribution in [0.3, 0.4) is 0 Å². The molecule has 0 fully saturated rings. The molecule has 0 aliphatic rings. The molecule has 112 valence electrons. The van der Waals surface area contributed by atoms with Crippen molar-refractivity contribution in [3.05, 3.63) is 24.3 Å². The number of hydrogen-bond donors (Lipinski definition) is 2. The van der Waals surface area contributed by atoms with Crippen molar-refractivity contribution in [3.63, 3.8) is 0 Å². The van der Waals surface area contributed by atoms with E-state index in [-0.39, 0.29) is 12.3 Å². The minimum absolute atomic E-state index is 0.00481. The van der Waals surface area contributed by atoms with E-state index in [2.05, 4.69) is 5.32 Å². The molecule has 0 heterocycles. The highest BCUT2D eigenvalue weighted by atomic mass is 32.2. The first-order chi connectivity index (χ1) is 9.23. The first kappa shape index (κ1) is 16.4. The lowest BCUT2D eigenvalue weighted by Gasteiger charge is -2.12. The summed E-state index contributed by atoms with van der Waals surface area (Å²) in [6.45, 7) is 2.13. The van der Waals surface area contributed by atoms with E-state index in [1.165, 1.54) is 12.1 Å². The van der Waals surface area contributed by atoms with Gasteiger partial charge in [0.2, 0.25) is 9.84 Å². The van der Waals surface area contributed by atoms with Gasteiger partial charge >= 0.3 is 11.7 Å². The van der Waals surface area contributed by atoms with Crippen molar-refractivity contribution in [3.8, 4) is 0 Å². The molecular formula is C12H15F2NO4S. The molecule has 1 unspecified atom stereocenters. The van der Waals surface area contributed by atoms with E-state index in [4.69, 9.17) is 5.11 Å². The zero-order valence-corrected chi connectivity index (χ0v) is 11.5. The lowest BCUT2D eigenvalue weighted by molar-refractivity contribution is -0.137. The second-order valence-electron chi connectivity index (χ2n) is 4.41. The number of aliphatic carboxylic acids is 1. The van der Waals surface area contributed by atoms with E-state index in [1.54, 1.807) is 6.92 Å². The first-order valence-electron chi connectivity index (χ1n) is 5.81. The van der Waals surface area contributed by atoms with Crippen LogP contribution in [-0.2, 0) is 14.6 Å². The SMILES string of the molecule is CC(CNc1ccc(S(=O)(=O)C(F)F)cc1)CC(=O)O. The molecule has 0 saturated heterocycles. The molecule has 2 N–H and O–H groups in total. The van der Waals surface area contributed by atoms with Crippen LogP contribution in [-0.4, -0.2) is 31.8 Å². The molecule has 0 aromatic heterocycles. The Hall–Kier alpha value is -1.70. The molecule has 0 amide bonds. The second kappa shape index (κ2) is 6.65. The van der Waals surface area contributed by atoms with Crippen LogP contribution < -0.4 is 5.32 Å². The quantitative estimate of drug-likeness (QED) is 0.807. The highest BCUT2D eigenvalue weighted by Crippen LogP contribution is 2.20. The summed E-state index contributed by atoms with van der Waals surface area (Å²) >= 11 is 0. The van der Waals surface area contributed by atoms with Gasteiger partial charge < -0.3 is 10.4 Å². The van der Waals surface area contributed by atoms with Gasteiger partial charge in [-0.25, -0.2) is 8.42 Å². The standard InChI is InChI=1S/C12H15F2NO4S/c1-8(6-11(16)17)7-15-9-2-4-10(5-3-9)20(18,19)12(13)14/h2-5,8,12,15H,6-7H2,1H3,(H,16,17). The normalized spacial score (nSPS) is 13.2. The summed E-state index contributed by atoms with van der Waals surface area (Å²) in [4.78, 5) is 10.0. The number of benzene rings is 1. The fraction of sp³-hybridized carbons (Fsp3) is 0.417. The van der Waals surface area contributed by atoms with Crippen LogP contribution in [0.1, 0.15) is 13.3 Å². The van der Waals surface area contributed by atoms with Gasteiger partial charge in [0.15, 0.2) is 0 Å². The Labute approximate surface area is 115 Å². The molecule has 0 spiro atoms. The van der Waals surface area contributed by atoms with Crippen molar-refractivity contribution in [2.45, 2.75) is 24.0 Å². The first-order valence-corrected chi connectivity index (χ1v) is 7.36. The maximum Gasteiger partial charge on any atom is 0.341 e. The molecule has 0 aliphatic heterocycles. The number of halogens is 2. The summed E-state index contributed by atoms with van der Waals surface area (Å²) < 4.78 is 47.0. The minimum Gasteiger partial charge on any atom is -0.481 e. The Balaban J connectivity index is 2.66. The van der Waals surface area contributed by atoms with Gasteiger partial charge in [-0.1, -0.05) is 6.92 Å².